The van der Waals surface area contributed by atoms with Crippen molar-refractivity contribution in [3.63, 3.8) is 0 Å². The van der Waals surface area contributed by atoms with Crippen molar-refractivity contribution in [2.24, 2.45) is 0 Å². The lowest BCUT2D eigenvalue weighted by Gasteiger charge is -2.11. The smallest absolute Gasteiger partial charge is 0.244 e. The highest BCUT2D eigenvalue weighted by Gasteiger charge is 2.16. The monoisotopic (exact) mass is 359 g/mol. The average Bonchev–Trinajstić information content (AvgIpc) is 3.08. The quantitative estimate of drug-likeness (QED) is 0.776. The Morgan fingerprint density at radius 3 is 2.88 bits per heavy atom. The first-order valence-corrected chi connectivity index (χ1v) is 8.29. The van der Waals surface area contributed by atoms with Crippen LogP contribution in [0, 0.1) is 0 Å². The molecule has 5 nitrogen and oxygen atoms in total. The van der Waals surface area contributed by atoms with E-state index in [-0.39, 0.29) is 12.7 Å². The van der Waals surface area contributed by atoms with Crippen LogP contribution in [0.5, 0.6) is 11.5 Å². The molecule has 0 fully saturated rings. The molecule has 1 heterocycles. The molecule has 1 atom stereocenters. The Kier molecular flexibility index (Phi) is 5.58. The molecule has 1 aliphatic heterocycles. The van der Waals surface area contributed by atoms with Crippen LogP contribution in [-0.2, 0) is 4.79 Å². The van der Waals surface area contributed by atoms with Gasteiger partial charge in [-0.25, -0.2) is 0 Å². The van der Waals surface area contributed by atoms with Gasteiger partial charge in [-0.1, -0.05) is 35.9 Å². The molecule has 0 aliphatic carbocycles. The fourth-order valence-electron chi connectivity index (χ4n) is 2.45. The molecule has 6 heteroatoms. The van der Waals surface area contributed by atoms with Crippen molar-refractivity contribution in [1.82, 2.24) is 5.32 Å². The number of nitrogens with one attached hydrogen (secondary N) is 1. The van der Waals surface area contributed by atoms with Crippen LogP contribution in [-0.4, -0.2) is 24.4 Å². The summed E-state index contributed by atoms with van der Waals surface area (Å²) in [5, 5.41) is 13.6. The van der Waals surface area contributed by atoms with Gasteiger partial charge in [0.1, 0.15) is 0 Å². The largest absolute Gasteiger partial charge is 0.454 e. The number of carbonyl (C=O) groups excluding carboxylic acids is 1. The molecule has 0 saturated carbocycles. The van der Waals surface area contributed by atoms with Gasteiger partial charge >= 0.3 is 0 Å². The number of aliphatic hydroxyl groups excluding tert-OH is 1. The van der Waals surface area contributed by atoms with E-state index >= 15 is 0 Å². The van der Waals surface area contributed by atoms with Crippen molar-refractivity contribution in [2.45, 2.75) is 12.5 Å². The van der Waals surface area contributed by atoms with E-state index in [0.29, 0.717) is 29.5 Å². The van der Waals surface area contributed by atoms with E-state index in [4.69, 9.17) is 21.1 Å². The fraction of sp³-hybridized carbons (Fsp3) is 0.211. The summed E-state index contributed by atoms with van der Waals surface area (Å²) in [6, 6.07) is 12.6. The zero-order valence-corrected chi connectivity index (χ0v) is 14.2. The molecule has 1 amide bonds. The number of hydrogen-bond donors (Lipinski definition) is 2. The minimum atomic E-state index is -0.692. The maximum atomic E-state index is 11.8. The molecule has 1 aliphatic rings. The Morgan fingerprint density at radius 2 is 2.04 bits per heavy atom. The van der Waals surface area contributed by atoms with E-state index in [1.807, 2.05) is 18.2 Å². The summed E-state index contributed by atoms with van der Waals surface area (Å²) in [7, 11) is 0. The van der Waals surface area contributed by atoms with E-state index < -0.39 is 6.10 Å². The first-order valence-electron chi connectivity index (χ1n) is 7.91. The molecular formula is C19H18ClNO4. The lowest BCUT2D eigenvalue weighted by molar-refractivity contribution is -0.116. The normalized spacial score (nSPS) is 13.8. The van der Waals surface area contributed by atoms with Crippen LogP contribution < -0.4 is 14.8 Å². The second kappa shape index (κ2) is 8.05. The molecule has 0 bridgehead atoms. The van der Waals surface area contributed by atoms with E-state index in [0.717, 1.165) is 11.1 Å². The van der Waals surface area contributed by atoms with Crippen molar-refractivity contribution in [2.75, 3.05) is 13.3 Å². The zero-order chi connectivity index (χ0) is 17.6. The van der Waals surface area contributed by atoms with Gasteiger partial charge in [0.2, 0.25) is 12.7 Å². The molecule has 0 saturated heterocycles. The molecule has 0 aromatic heterocycles. The Bertz CT molecular complexity index is 791. The lowest BCUT2D eigenvalue weighted by Crippen LogP contribution is -2.23. The van der Waals surface area contributed by atoms with Crippen LogP contribution in [0.25, 0.3) is 6.08 Å². The predicted octanol–water partition coefficient (Wildman–Crippen LogP) is 3.32. The Labute approximate surface area is 150 Å². The van der Waals surface area contributed by atoms with Gasteiger partial charge < -0.3 is 19.9 Å². The van der Waals surface area contributed by atoms with E-state index in [1.54, 1.807) is 30.3 Å². The van der Waals surface area contributed by atoms with E-state index in [2.05, 4.69) is 5.32 Å². The maximum Gasteiger partial charge on any atom is 0.244 e. The van der Waals surface area contributed by atoms with Gasteiger partial charge in [-0.15, -0.1) is 0 Å². The number of benzene rings is 2. The van der Waals surface area contributed by atoms with Gasteiger partial charge in [-0.3, -0.25) is 4.79 Å². The zero-order valence-electron chi connectivity index (χ0n) is 13.4. The Balaban J connectivity index is 1.47. The van der Waals surface area contributed by atoms with Crippen LogP contribution in [0.1, 0.15) is 23.7 Å². The Morgan fingerprint density at radius 1 is 1.24 bits per heavy atom. The molecule has 0 unspecified atom stereocenters. The van der Waals surface area contributed by atoms with E-state index in [1.165, 1.54) is 6.08 Å². The number of carbonyl (C=O) groups is 1. The van der Waals surface area contributed by atoms with Gasteiger partial charge in [-0.05, 0) is 41.8 Å². The third kappa shape index (κ3) is 4.53. The van der Waals surface area contributed by atoms with Crippen molar-refractivity contribution in [3.05, 3.63) is 64.7 Å². The number of fused-ring (bicyclic) bond motifs is 1. The van der Waals surface area contributed by atoms with Crippen LogP contribution >= 0.6 is 11.6 Å². The number of amides is 1. The molecule has 0 spiro atoms. The van der Waals surface area contributed by atoms with Crippen LogP contribution in [0.2, 0.25) is 5.02 Å². The summed E-state index contributed by atoms with van der Waals surface area (Å²) in [5.74, 6) is 1.06. The number of halogens is 1. The third-order valence-electron chi connectivity index (χ3n) is 3.82. The van der Waals surface area contributed by atoms with Gasteiger partial charge in [0.05, 0.1) is 6.10 Å². The fourth-order valence-corrected chi connectivity index (χ4v) is 2.65. The summed E-state index contributed by atoms with van der Waals surface area (Å²) in [6.45, 7) is 0.546. The van der Waals surface area contributed by atoms with Gasteiger partial charge in [-0.2, -0.15) is 0 Å². The highest BCUT2D eigenvalue weighted by molar-refractivity contribution is 6.32. The van der Waals surface area contributed by atoms with Crippen LogP contribution in [0.4, 0.5) is 0 Å². The second-order valence-electron chi connectivity index (χ2n) is 5.56. The van der Waals surface area contributed by atoms with Gasteiger partial charge in [0, 0.05) is 17.6 Å². The first kappa shape index (κ1) is 17.3. The topological polar surface area (TPSA) is 67.8 Å². The van der Waals surface area contributed by atoms with Gasteiger partial charge in [0.25, 0.3) is 0 Å². The van der Waals surface area contributed by atoms with Gasteiger partial charge in [0.15, 0.2) is 11.5 Å². The molecule has 0 radical (unpaired) electrons. The summed E-state index contributed by atoms with van der Waals surface area (Å²) in [5.41, 5.74) is 1.50. The standard InChI is InChI=1S/C19H18ClNO4/c20-15-4-2-1-3-13(15)6-8-19(23)21-10-9-16(22)14-5-7-17-18(11-14)25-12-24-17/h1-8,11,16,22H,9-10,12H2,(H,21,23)/b8-6+/t16-/m0/s1. The summed E-state index contributed by atoms with van der Waals surface area (Å²) >= 11 is 6.03. The SMILES string of the molecule is O=C(/C=C/c1ccccc1Cl)NCC[C@H](O)c1ccc2c(c1)OCO2. The average molecular weight is 360 g/mol. The van der Waals surface area contributed by atoms with Crippen molar-refractivity contribution in [1.29, 1.82) is 0 Å². The lowest BCUT2D eigenvalue weighted by atomic mass is 10.1. The molecule has 130 valence electrons. The molecule has 2 aromatic rings. The maximum absolute atomic E-state index is 11.8. The summed E-state index contributed by atoms with van der Waals surface area (Å²) in [6.07, 6.45) is 2.79. The van der Waals surface area contributed by atoms with Crippen LogP contribution in [0.15, 0.2) is 48.5 Å². The molecule has 2 aromatic carbocycles. The molecular weight excluding hydrogens is 342 g/mol. The highest BCUT2D eigenvalue weighted by atomic mass is 35.5. The van der Waals surface area contributed by atoms with Crippen molar-refractivity contribution < 1.29 is 19.4 Å². The molecule has 25 heavy (non-hydrogen) atoms. The van der Waals surface area contributed by atoms with E-state index in [9.17, 15) is 9.90 Å². The Hall–Kier alpha value is -2.50. The van der Waals surface area contributed by atoms with Crippen molar-refractivity contribution in [3.8, 4) is 11.5 Å². The van der Waals surface area contributed by atoms with Crippen LogP contribution in [0.3, 0.4) is 0 Å². The predicted molar refractivity (Wildman–Crippen MR) is 95.6 cm³/mol. The minimum Gasteiger partial charge on any atom is -0.454 e. The van der Waals surface area contributed by atoms with Crippen molar-refractivity contribution >= 4 is 23.6 Å². The number of rotatable bonds is 6. The number of ether oxygens (including phenoxy) is 2. The first-order chi connectivity index (χ1) is 12.1. The summed E-state index contributed by atoms with van der Waals surface area (Å²) in [4.78, 5) is 11.8. The molecule has 3 rings (SSSR count). The number of aliphatic hydroxyl groups is 1. The minimum absolute atomic E-state index is 0.197. The number of hydrogen-bond acceptors (Lipinski definition) is 4. The second-order valence-corrected chi connectivity index (χ2v) is 5.97. The molecule has 2 N–H and O–H groups in total. The summed E-state index contributed by atoms with van der Waals surface area (Å²) < 4.78 is 10.5. The third-order valence-corrected chi connectivity index (χ3v) is 4.16. The highest BCUT2D eigenvalue weighted by Crippen LogP contribution is 2.34.